The molecule has 0 spiro atoms. The Hall–Kier alpha value is -2.10. The van der Waals surface area contributed by atoms with Crippen molar-refractivity contribution in [3.63, 3.8) is 0 Å². The summed E-state index contributed by atoms with van der Waals surface area (Å²) in [5.74, 6) is -1.60. The molecule has 0 aliphatic rings. The summed E-state index contributed by atoms with van der Waals surface area (Å²) < 4.78 is 37.2. The number of methoxy groups -OCH3 is 2. The lowest BCUT2D eigenvalue weighted by atomic mass is 10.2. The Morgan fingerprint density at radius 1 is 1.12 bits per heavy atom. The van der Waals surface area contributed by atoms with Crippen molar-refractivity contribution in [1.29, 1.82) is 0 Å². The van der Waals surface area contributed by atoms with Crippen LogP contribution < -0.4 is 4.72 Å². The van der Waals surface area contributed by atoms with Gasteiger partial charge in [0, 0.05) is 5.02 Å². The van der Waals surface area contributed by atoms with Gasteiger partial charge in [0.2, 0.25) is 0 Å². The Kier molecular flexibility index (Phi) is 5.94. The minimum atomic E-state index is -4.18. The molecule has 0 fully saturated rings. The molecule has 0 saturated carbocycles. The van der Waals surface area contributed by atoms with Gasteiger partial charge in [-0.2, -0.15) is 0 Å². The van der Waals surface area contributed by atoms with Crippen LogP contribution in [0.15, 0.2) is 22.4 Å². The Labute approximate surface area is 159 Å². The fourth-order valence-corrected chi connectivity index (χ4v) is 5.24. The van der Waals surface area contributed by atoms with E-state index >= 15 is 0 Å². The number of ether oxygens (including phenoxy) is 2. The highest BCUT2D eigenvalue weighted by molar-refractivity contribution is 7.94. The van der Waals surface area contributed by atoms with Gasteiger partial charge in [-0.25, -0.2) is 18.0 Å². The first-order valence-corrected chi connectivity index (χ1v) is 9.89. The number of halogens is 1. The van der Waals surface area contributed by atoms with Crippen LogP contribution in [0.25, 0.3) is 0 Å². The maximum absolute atomic E-state index is 12.9. The van der Waals surface area contributed by atoms with E-state index in [0.29, 0.717) is 21.9 Å². The number of aryl methyl sites for hydroxylation is 1. The van der Waals surface area contributed by atoms with Crippen molar-refractivity contribution < 1.29 is 27.5 Å². The van der Waals surface area contributed by atoms with E-state index in [0.717, 1.165) is 7.11 Å². The second kappa shape index (κ2) is 7.65. The van der Waals surface area contributed by atoms with Gasteiger partial charge in [-0.05, 0) is 37.1 Å². The molecule has 0 amide bonds. The predicted molar refractivity (Wildman–Crippen MR) is 98.7 cm³/mol. The van der Waals surface area contributed by atoms with Gasteiger partial charge in [-0.1, -0.05) is 17.7 Å². The zero-order valence-corrected chi connectivity index (χ0v) is 16.8. The van der Waals surface area contributed by atoms with Crippen LogP contribution in [0.5, 0.6) is 0 Å². The summed E-state index contributed by atoms with van der Waals surface area (Å²) in [6.07, 6.45) is 0. The molecule has 1 aromatic heterocycles. The first kappa shape index (κ1) is 20.2. The average Bonchev–Trinajstić information content (AvgIpc) is 2.94. The molecular weight excluding hydrogens is 402 g/mol. The van der Waals surface area contributed by atoms with Gasteiger partial charge in [0.15, 0.2) is 4.21 Å². The lowest BCUT2D eigenvalue weighted by Gasteiger charge is -2.11. The van der Waals surface area contributed by atoms with E-state index in [9.17, 15) is 18.0 Å². The van der Waals surface area contributed by atoms with Crippen LogP contribution in [0.2, 0.25) is 5.02 Å². The number of esters is 2. The normalized spacial score (nSPS) is 11.1. The van der Waals surface area contributed by atoms with Gasteiger partial charge in [0.1, 0.15) is 4.88 Å². The molecule has 0 aliphatic heterocycles. The standard InChI is InChI=1S/C16H16ClNO6S2/c1-8-5-6-10(17)7-11(8)18-26(21,22)16-12(14(19)23-3)9(2)13(25-16)15(20)24-4/h5-7,18H,1-4H3. The zero-order valence-electron chi connectivity index (χ0n) is 14.4. The van der Waals surface area contributed by atoms with Crippen molar-refractivity contribution in [2.45, 2.75) is 18.1 Å². The molecule has 26 heavy (non-hydrogen) atoms. The first-order chi connectivity index (χ1) is 12.1. The highest BCUT2D eigenvalue weighted by atomic mass is 35.5. The number of carbonyl (C=O) groups excluding carboxylic acids is 2. The SMILES string of the molecule is COC(=O)c1sc(S(=O)(=O)Nc2cc(Cl)ccc2C)c(C(=O)OC)c1C. The summed E-state index contributed by atoms with van der Waals surface area (Å²) in [7, 11) is -1.89. The lowest BCUT2D eigenvalue weighted by Crippen LogP contribution is -2.16. The summed E-state index contributed by atoms with van der Waals surface area (Å²) in [6, 6.07) is 4.73. The van der Waals surface area contributed by atoms with E-state index in [2.05, 4.69) is 14.2 Å². The molecular formula is C16H16ClNO6S2. The van der Waals surface area contributed by atoms with Crippen LogP contribution in [0, 0.1) is 13.8 Å². The molecule has 1 aromatic carbocycles. The molecule has 2 rings (SSSR count). The van der Waals surface area contributed by atoms with Gasteiger partial charge in [-0.15, -0.1) is 11.3 Å². The van der Waals surface area contributed by atoms with Crippen LogP contribution in [0.3, 0.4) is 0 Å². The van der Waals surface area contributed by atoms with E-state index in [-0.39, 0.29) is 25.9 Å². The van der Waals surface area contributed by atoms with Crippen LogP contribution in [-0.4, -0.2) is 34.6 Å². The minimum absolute atomic E-state index is 0.0103. The molecule has 0 saturated heterocycles. The van der Waals surface area contributed by atoms with Gasteiger partial charge in [0.25, 0.3) is 10.0 Å². The van der Waals surface area contributed by atoms with Gasteiger partial charge >= 0.3 is 11.9 Å². The molecule has 0 unspecified atom stereocenters. The summed E-state index contributed by atoms with van der Waals surface area (Å²) in [5.41, 5.74) is 0.875. The van der Waals surface area contributed by atoms with Crippen molar-refractivity contribution in [2.24, 2.45) is 0 Å². The van der Waals surface area contributed by atoms with Crippen molar-refractivity contribution in [1.82, 2.24) is 0 Å². The van der Waals surface area contributed by atoms with Gasteiger partial charge in [0.05, 0.1) is 25.5 Å². The molecule has 0 atom stereocenters. The fourth-order valence-electron chi connectivity index (χ4n) is 2.20. The van der Waals surface area contributed by atoms with Crippen LogP contribution >= 0.6 is 22.9 Å². The molecule has 7 nitrogen and oxygen atoms in total. The monoisotopic (exact) mass is 417 g/mol. The van der Waals surface area contributed by atoms with E-state index in [1.807, 2.05) is 0 Å². The Morgan fingerprint density at radius 3 is 2.31 bits per heavy atom. The molecule has 1 N–H and O–H groups in total. The molecule has 1 heterocycles. The maximum atomic E-state index is 12.9. The van der Waals surface area contributed by atoms with Crippen molar-refractivity contribution in [3.8, 4) is 0 Å². The Balaban J connectivity index is 2.63. The summed E-state index contributed by atoms with van der Waals surface area (Å²) >= 11 is 6.56. The quantitative estimate of drug-likeness (QED) is 0.748. The second-order valence-electron chi connectivity index (χ2n) is 5.27. The second-order valence-corrected chi connectivity index (χ2v) is 8.60. The largest absolute Gasteiger partial charge is 0.465 e. The number of thiophene rings is 1. The zero-order chi connectivity index (χ0) is 19.6. The third-order valence-electron chi connectivity index (χ3n) is 3.56. The minimum Gasteiger partial charge on any atom is -0.465 e. The molecule has 10 heteroatoms. The number of sulfonamides is 1. The summed E-state index contributed by atoms with van der Waals surface area (Å²) in [4.78, 5) is 24.0. The number of hydrogen-bond acceptors (Lipinski definition) is 7. The fraction of sp³-hybridized carbons (Fsp3) is 0.250. The molecule has 2 aromatic rings. The number of hydrogen-bond donors (Lipinski definition) is 1. The van der Waals surface area contributed by atoms with Crippen molar-refractivity contribution >= 4 is 50.6 Å². The highest BCUT2D eigenvalue weighted by Crippen LogP contribution is 2.35. The third kappa shape index (κ3) is 3.84. The average molecular weight is 418 g/mol. The van der Waals surface area contributed by atoms with Gasteiger partial charge < -0.3 is 9.47 Å². The number of anilines is 1. The molecule has 140 valence electrons. The molecule has 0 aliphatic carbocycles. The van der Waals surface area contributed by atoms with E-state index < -0.39 is 22.0 Å². The van der Waals surface area contributed by atoms with E-state index in [1.54, 1.807) is 19.1 Å². The van der Waals surface area contributed by atoms with Crippen LogP contribution in [-0.2, 0) is 19.5 Å². The topological polar surface area (TPSA) is 98.8 Å². The Morgan fingerprint density at radius 2 is 1.73 bits per heavy atom. The summed E-state index contributed by atoms with van der Waals surface area (Å²) in [6.45, 7) is 3.16. The first-order valence-electron chi connectivity index (χ1n) is 7.21. The lowest BCUT2D eigenvalue weighted by molar-refractivity contribution is 0.0596. The van der Waals surface area contributed by atoms with Crippen LogP contribution in [0.4, 0.5) is 5.69 Å². The van der Waals surface area contributed by atoms with E-state index in [1.165, 1.54) is 20.1 Å². The maximum Gasteiger partial charge on any atom is 0.348 e. The Bertz CT molecular complexity index is 981. The molecule has 0 bridgehead atoms. The number of rotatable bonds is 5. The van der Waals surface area contributed by atoms with Gasteiger partial charge in [-0.3, -0.25) is 4.72 Å². The number of nitrogens with one attached hydrogen (secondary N) is 1. The highest BCUT2D eigenvalue weighted by Gasteiger charge is 2.32. The number of benzene rings is 1. The van der Waals surface area contributed by atoms with E-state index in [4.69, 9.17) is 11.6 Å². The number of carbonyl (C=O) groups is 2. The van der Waals surface area contributed by atoms with Crippen molar-refractivity contribution in [3.05, 3.63) is 44.8 Å². The van der Waals surface area contributed by atoms with Crippen molar-refractivity contribution in [2.75, 3.05) is 18.9 Å². The smallest absolute Gasteiger partial charge is 0.348 e. The third-order valence-corrected chi connectivity index (χ3v) is 6.95. The predicted octanol–water partition coefficient (Wildman–Crippen LogP) is 3.39. The summed E-state index contributed by atoms with van der Waals surface area (Å²) in [5, 5.41) is 0.346. The van der Waals surface area contributed by atoms with Crippen LogP contribution in [0.1, 0.15) is 31.2 Å². The molecule has 0 radical (unpaired) electrons.